The van der Waals surface area contributed by atoms with Crippen LogP contribution >= 0.6 is 34.8 Å². The summed E-state index contributed by atoms with van der Waals surface area (Å²) in [5.74, 6) is -0.319. The molecular formula is C17H13Cl3N2O2. The second kappa shape index (κ2) is 6.63. The van der Waals surface area contributed by atoms with E-state index in [0.29, 0.717) is 12.1 Å². The first-order chi connectivity index (χ1) is 11.4. The number of urea groups is 1. The number of imide groups is 1. The Bertz CT molecular complexity index is 788. The fourth-order valence-corrected chi connectivity index (χ4v) is 3.26. The van der Waals surface area contributed by atoms with E-state index in [0.717, 1.165) is 10.5 Å². The molecule has 124 valence electrons. The van der Waals surface area contributed by atoms with E-state index in [9.17, 15) is 9.59 Å². The Morgan fingerprint density at radius 3 is 2.17 bits per heavy atom. The maximum atomic E-state index is 12.8. The molecule has 1 atom stereocenters. The van der Waals surface area contributed by atoms with Crippen molar-refractivity contribution in [3.63, 3.8) is 0 Å². The molecule has 0 saturated carbocycles. The predicted octanol–water partition coefficient (Wildman–Crippen LogP) is 4.66. The molecule has 1 unspecified atom stereocenters. The van der Waals surface area contributed by atoms with Crippen LogP contribution in [0.5, 0.6) is 0 Å². The lowest BCUT2D eigenvalue weighted by atomic mass is 10.1. The minimum atomic E-state index is -0.576. The Labute approximate surface area is 154 Å². The summed E-state index contributed by atoms with van der Waals surface area (Å²) < 4.78 is 0. The molecule has 0 spiro atoms. The Hall–Kier alpha value is -1.75. The van der Waals surface area contributed by atoms with Crippen molar-refractivity contribution in [2.45, 2.75) is 12.5 Å². The number of rotatable bonds is 3. The van der Waals surface area contributed by atoms with Crippen molar-refractivity contribution >= 4 is 52.4 Å². The van der Waals surface area contributed by atoms with E-state index >= 15 is 0 Å². The van der Waals surface area contributed by atoms with E-state index in [4.69, 9.17) is 34.8 Å². The number of likely N-dealkylation sites (N-methyl/N-ethyl adjacent to an activating group) is 1. The van der Waals surface area contributed by atoms with Crippen molar-refractivity contribution in [1.82, 2.24) is 4.90 Å². The summed E-state index contributed by atoms with van der Waals surface area (Å²) in [6.07, 6.45) is 0.438. The normalized spacial score (nSPS) is 17.8. The molecule has 1 saturated heterocycles. The van der Waals surface area contributed by atoms with Gasteiger partial charge in [-0.1, -0.05) is 65.1 Å². The number of hydrogen-bond donors (Lipinski definition) is 0. The summed E-state index contributed by atoms with van der Waals surface area (Å²) in [5, 5.41) is 0.568. The molecule has 1 aliphatic heterocycles. The van der Waals surface area contributed by atoms with Crippen LogP contribution in [0, 0.1) is 0 Å². The zero-order chi connectivity index (χ0) is 17.4. The van der Waals surface area contributed by atoms with Crippen molar-refractivity contribution in [2.75, 3.05) is 11.9 Å². The molecular weight excluding hydrogens is 371 g/mol. The molecule has 2 aromatic carbocycles. The topological polar surface area (TPSA) is 40.6 Å². The highest BCUT2D eigenvalue weighted by molar-refractivity contribution is 6.48. The van der Waals surface area contributed by atoms with E-state index in [2.05, 4.69) is 0 Å². The van der Waals surface area contributed by atoms with Crippen LogP contribution in [0.4, 0.5) is 10.5 Å². The Kier molecular flexibility index (Phi) is 4.72. The lowest BCUT2D eigenvalue weighted by Crippen LogP contribution is -2.33. The number of amides is 3. The van der Waals surface area contributed by atoms with Crippen LogP contribution in [0.2, 0.25) is 15.1 Å². The summed E-state index contributed by atoms with van der Waals surface area (Å²) in [5.41, 5.74) is 1.29. The van der Waals surface area contributed by atoms with Gasteiger partial charge in [0.15, 0.2) is 0 Å². The maximum Gasteiger partial charge on any atom is 0.331 e. The third-order valence-corrected chi connectivity index (χ3v) is 5.16. The highest BCUT2D eigenvalue weighted by atomic mass is 35.5. The van der Waals surface area contributed by atoms with E-state index in [1.807, 2.05) is 30.3 Å². The van der Waals surface area contributed by atoms with E-state index in [1.165, 1.54) is 17.0 Å². The van der Waals surface area contributed by atoms with E-state index in [1.54, 1.807) is 7.05 Å². The van der Waals surface area contributed by atoms with Crippen LogP contribution < -0.4 is 4.90 Å². The monoisotopic (exact) mass is 382 g/mol. The largest absolute Gasteiger partial charge is 0.331 e. The average molecular weight is 384 g/mol. The second-order valence-electron chi connectivity index (χ2n) is 5.50. The van der Waals surface area contributed by atoms with Gasteiger partial charge in [-0.25, -0.2) is 9.69 Å². The van der Waals surface area contributed by atoms with E-state index < -0.39 is 12.1 Å². The molecule has 24 heavy (non-hydrogen) atoms. The standard InChI is InChI=1S/C17H13Cl3N2O2/c1-21-14(7-10-5-3-2-4-6-10)16(23)22(17(21)24)11-8-12(18)15(20)13(19)9-11/h2-6,8-9,14H,7H2,1H3. The van der Waals surface area contributed by atoms with Gasteiger partial charge in [-0.05, 0) is 17.7 Å². The smallest absolute Gasteiger partial charge is 0.315 e. The van der Waals surface area contributed by atoms with Crippen LogP contribution in [-0.2, 0) is 11.2 Å². The Balaban J connectivity index is 1.93. The van der Waals surface area contributed by atoms with Crippen LogP contribution in [0.15, 0.2) is 42.5 Å². The lowest BCUT2D eigenvalue weighted by molar-refractivity contribution is -0.119. The quantitative estimate of drug-likeness (QED) is 0.571. The molecule has 3 rings (SSSR count). The van der Waals surface area contributed by atoms with Crippen molar-refractivity contribution < 1.29 is 9.59 Å². The van der Waals surface area contributed by atoms with Crippen LogP contribution in [0.1, 0.15) is 5.56 Å². The summed E-state index contributed by atoms with van der Waals surface area (Å²) in [6.45, 7) is 0. The van der Waals surface area contributed by atoms with Gasteiger partial charge < -0.3 is 4.90 Å². The van der Waals surface area contributed by atoms with Crippen molar-refractivity contribution in [1.29, 1.82) is 0 Å². The molecule has 0 radical (unpaired) electrons. The van der Waals surface area contributed by atoms with Crippen molar-refractivity contribution in [2.24, 2.45) is 0 Å². The Morgan fingerprint density at radius 1 is 1.00 bits per heavy atom. The van der Waals surface area contributed by atoms with Gasteiger partial charge in [0.1, 0.15) is 6.04 Å². The highest BCUT2D eigenvalue weighted by Gasteiger charge is 2.44. The second-order valence-corrected chi connectivity index (χ2v) is 6.69. The molecule has 3 amide bonds. The van der Waals surface area contributed by atoms with Crippen LogP contribution in [-0.4, -0.2) is 29.9 Å². The number of hydrogen-bond acceptors (Lipinski definition) is 2. The van der Waals surface area contributed by atoms with Crippen LogP contribution in [0.3, 0.4) is 0 Å². The van der Waals surface area contributed by atoms with E-state index in [-0.39, 0.29) is 21.0 Å². The maximum absolute atomic E-state index is 12.8. The number of benzene rings is 2. The zero-order valence-electron chi connectivity index (χ0n) is 12.7. The van der Waals surface area contributed by atoms with Gasteiger partial charge in [0.25, 0.3) is 5.91 Å². The molecule has 4 nitrogen and oxygen atoms in total. The summed E-state index contributed by atoms with van der Waals surface area (Å²) in [6, 6.07) is 11.5. The van der Waals surface area contributed by atoms with Gasteiger partial charge in [0.2, 0.25) is 0 Å². The molecule has 7 heteroatoms. The van der Waals surface area contributed by atoms with Gasteiger partial charge in [-0.2, -0.15) is 0 Å². The predicted molar refractivity (Wildman–Crippen MR) is 96.1 cm³/mol. The number of anilines is 1. The van der Waals surface area contributed by atoms with Gasteiger partial charge in [0, 0.05) is 13.5 Å². The number of carbonyl (C=O) groups is 2. The summed E-state index contributed by atoms with van der Waals surface area (Å²) in [7, 11) is 1.60. The van der Waals surface area contributed by atoms with Crippen LogP contribution in [0.25, 0.3) is 0 Å². The lowest BCUT2D eigenvalue weighted by Gasteiger charge is -2.15. The van der Waals surface area contributed by atoms with Gasteiger partial charge in [0.05, 0.1) is 20.8 Å². The molecule has 0 aromatic heterocycles. The zero-order valence-corrected chi connectivity index (χ0v) is 14.9. The first-order valence-electron chi connectivity index (χ1n) is 7.19. The number of nitrogens with zero attached hydrogens (tertiary/aromatic N) is 2. The van der Waals surface area contributed by atoms with Gasteiger partial charge >= 0.3 is 6.03 Å². The molecule has 0 aliphatic carbocycles. The first kappa shape index (κ1) is 17.1. The molecule has 1 aliphatic rings. The summed E-state index contributed by atoms with van der Waals surface area (Å²) >= 11 is 18.0. The molecule has 0 N–H and O–H groups in total. The summed E-state index contributed by atoms with van der Waals surface area (Å²) in [4.78, 5) is 27.8. The third kappa shape index (κ3) is 2.97. The minimum Gasteiger partial charge on any atom is -0.315 e. The van der Waals surface area contributed by atoms with Crippen molar-refractivity contribution in [3.8, 4) is 0 Å². The fourth-order valence-electron chi connectivity index (χ4n) is 2.67. The van der Waals surface area contributed by atoms with Gasteiger partial charge in [-0.15, -0.1) is 0 Å². The van der Waals surface area contributed by atoms with Crippen molar-refractivity contribution in [3.05, 3.63) is 63.1 Å². The van der Waals surface area contributed by atoms with Gasteiger partial charge in [-0.3, -0.25) is 4.79 Å². The molecule has 1 heterocycles. The Morgan fingerprint density at radius 2 is 1.58 bits per heavy atom. The highest BCUT2D eigenvalue weighted by Crippen LogP contribution is 2.36. The minimum absolute atomic E-state index is 0.189. The average Bonchev–Trinajstić information content (AvgIpc) is 2.77. The molecule has 1 fully saturated rings. The third-order valence-electron chi connectivity index (χ3n) is 3.96. The fraction of sp³-hybridized carbons (Fsp3) is 0.176. The molecule has 2 aromatic rings. The molecule has 0 bridgehead atoms. The SMILES string of the molecule is CN1C(=O)N(c2cc(Cl)c(Cl)c(Cl)c2)C(=O)C1Cc1ccccc1. The number of halogens is 3. The first-order valence-corrected chi connectivity index (χ1v) is 8.32. The number of carbonyl (C=O) groups excluding carboxylic acids is 2.